The van der Waals surface area contributed by atoms with Gasteiger partial charge in [-0.25, -0.2) is 8.42 Å². The second kappa shape index (κ2) is 14.2. The Kier molecular flexibility index (Phi) is 9.93. The van der Waals surface area contributed by atoms with Gasteiger partial charge in [0.25, 0.3) is 0 Å². The zero-order valence-corrected chi connectivity index (χ0v) is 25.3. The molecule has 0 saturated heterocycles. The Labute approximate surface area is 258 Å². The van der Waals surface area contributed by atoms with Gasteiger partial charge in [-0.2, -0.15) is 4.31 Å². The quantitative estimate of drug-likeness (QED) is 0.243. The summed E-state index contributed by atoms with van der Waals surface area (Å²) >= 11 is 0. The number of rotatable bonds is 13. The van der Waals surface area contributed by atoms with Gasteiger partial charge in [-0.15, -0.1) is 0 Å². The Balaban J connectivity index is 1.44. The van der Waals surface area contributed by atoms with Crippen LogP contribution in [0.15, 0.2) is 109 Å². The van der Waals surface area contributed by atoms with E-state index in [1.807, 2.05) is 103 Å². The molecule has 0 radical (unpaired) electrons. The van der Waals surface area contributed by atoms with Gasteiger partial charge in [0.1, 0.15) is 6.04 Å². The molecule has 1 atom stereocenters. The molecule has 2 amide bonds. The molecular formula is C34H35N3O6S. The smallest absolute Gasteiger partial charge is 0.243 e. The summed E-state index contributed by atoms with van der Waals surface area (Å²) in [6.45, 7) is 0.0936. The van der Waals surface area contributed by atoms with Crippen LogP contribution in [0.5, 0.6) is 11.5 Å². The summed E-state index contributed by atoms with van der Waals surface area (Å²) in [5, 5.41) is 2.99. The zero-order chi connectivity index (χ0) is 30.9. The van der Waals surface area contributed by atoms with Gasteiger partial charge in [0, 0.05) is 26.1 Å². The Hall–Kier alpha value is -4.67. The van der Waals surface area contributed by atoms with Gasteiger partial charge in [-0.3, -0.25) is 9.59 Å². The van der Waals surface area contributed by atoms with Crippen molar-refractivity contribution in [3.8, 4) is 11.5 Å². The van der Waals surface area contributed by atoms with Crippen LogP contribution in [-0.4, -0.2) is 55.1 Å². The fourth-order valence-electron chi connectivity index (χ4n) is 5.01. The van der Waals surface area contributed by atoms with Gasteiger partial charge >= 0.3 is 0 Å². The van der Waals surface area contributed by atoms with Crippen LogP contribution in [-0.2, 0) is 45.7 Å². The van der Waals surface area contributed by atoms with E-state index in [4.69, 9.17) is 9.47 Å². The summed E-state index contributed by atoms with van der Waals surface area (Å²) in [6, 6.07) is 32.5. The second-order valence-electron chi connectivity index (χ2n) is 10.6. The molecule has 5 rings (SSSR count). The molecule has 1 aliphatic rings. The molecule has 1 aliphatic heterocycles. The number of hydrogen-bond acceptors (Lipinski definition) is 6. The number of hydrogen-bond donors (Lipinski definition) is 1. The fraction of sp³-hybridized carbons (Fsp3) is 0.235. The maximum atomic E-state index is 14.1. The Bertz CT molecular complexity index is 1670. The number of sulfonamides is 1. The molecule has 0 spiro atoms. The molecule has 9 nitrogen and oxygen atoms in total. The minimum Gasteiger partial charge on any atom is -0.454 e. The van der Waals surface area contributed by atoms with Crippen molar-refractivity contribution in [1.82, 2.24) is 14.5 Å². The highest BCUT2D eigenvalue weighted by Crippen LogP contribution is 2.32. The van der Waals surface area contributed by atoms with Crippen molar-refractivity contribution in [1.29, 1.82) is 0 Å². The molecular weight excluding hydrogens is 578 g/mol. The molecule has 0 fully saturated rings. The van der Waals surface area contributed by atoms with Crippen molar-refractivity contribution in [2.24, 2.45) is 0 Å². The minimum atomic E-state index is -3.76. The van der Waals surface area contributed by atoms with Crippen LogP contribution < -0.4 is 14.8 Å². The number of amides is 2. The first-order chi connectivity index (χ1) is 21.3. The SMILES string of the molecule is CS(=O)(=O)N(CC(=O)N(Cc1ccccc1)C(Cc1ccccc1)C(=O)NCc1ccc2c(c1)OCO2)Cc1ccccc1. The number of benzene rings is 4. The average molecular weight is 614 g/mol. The van der Waals surface area contributed by atoms with Crippen molar-refractivity contribution in [2.75, 3.05) is 19.6 Å². The van der Waals surface area contributed by atoms with Gasteiger partial charge < -0.3 is 19.7 Å². The van der Waals surface area contributed by atoms with Crippen LogP contribution in [0.3, 0.4) is 0 Å². The molecule has 1 unspecified atom stereocenters. The first kappa shape index (κ1) is 30.8. The van der Waals surface area contributed by atoms with E-state index in [0.717, 1.165) is 32.8 Å². The van der Waals surface area contributed by atoms with E-state index >= 15 is 0 Å². The number of nitrogens with zero attached hydrogens (tertiary/aromatic N) is 2. The topological polar surface area (TPSA) is 105 Å². The van der Waals surface area contributed by atoms with Crippen molar-refractivity contribution in [2.45, 2.75) is 32.1 Å². The Morgan fingerprint density at radius 3 is 1.93 bits per heavy atom. The van der Waals surface area contributed by atoms with Crippen LogP contribution in [0, 0.1) is 0 Å². The minimum absolute atomic E-state index is 0.0320. The summed E-state index contributed by atoms with van der Waals surface area (Å²) < 4.78 is 37.7. The third-order valence-corrected chi connectivity index (χ3v) is 8.55. The lowest BCUT2D eigenvalue weighted by Crippen LogP contribution is -2.53. The summed E-state index contributed by atoms with van der Waals surface area (Å²) in [6.07, 6.45) is 1.33. The fourth-order valence-corrected chi connectivity index (χ4v) is 5.74. The predicted octanol–water partition coefficient (Wildman–Crippen LogP) is 4.13. The van der Waals surface area contributed by atoms with Crippen molar-refractivity contribution in [3.05, 3.63) is 131 Å². The first-order valence-electron chi connectivity index (χ1n) is 14.3. The Morgan fingerprint density at radius 2 is 1.32 bits per heavy atom. The van der Waals surface area contributed by atoms with Crippen LogP contribution >= 0.6 is 0 Å². The highest BCUT2D eigenvalue weighted by Gasteiger charge is 2.33. The van der Waals surface area contributed by atoms with Crippen LogP contribution in [0.4, 0.5) is 0 Å². The monoisotopic (exact) mass is 613 g/mol. The molecule has 1 N–H and O–H groups in total. The number of fused-ring (bicyclic) bond motifs is 1. The lowest BCUT2D eigenvalue weighted by molar-refractivity contribution is -0.141. The molecule has 4 aromatic rings. The van der Waals surface area contributed by atoms with E-state index in [0.29, 0.717) is 11.5 Å². The van der Waals surface area contributed by atoms with Gasteiger partial charge in [0.15, 0.2) is 11.5 Å². The molecule has 0 aliphatic carbocycles. The van der Waals surface area contributed by atoms with E-state index in [9.17, 15) is 18.0 Å². The van der Waals surface area contributed by atoms with Crippen LogP contribution in [0.1, 0.15) is 22.3 Å². The van der Waals surface area contributed by atoms with Gasteiger partial charge in [0.2, 0.25) is 28.6 Å². The normalized spacial score (nSPS) is 13.0. The van der Waals surface area contributed by atoms with Crippen LogP contribution in [0.25, 0.3) is 0 Å². The molecule has 10 heteroatoms. The van der Waals surface area contributed by atoms with E-state index in [1.165, 1.54) is 4.90 Å². The summed E-state index contributed by atoms with van der Waals surface area (Å²) in [5.41, 5.74) is 3.25. The third-order valence-electron chi connectivity index (χ3n) is 7.35. The van der Waals surface area contributed by atoms with Crippen molar-refractivity contribution in [3.63, 3.8) is 0 Å². The predicted molar refractivity (Wildman–Crippen MR) is 167 cm³/mol. The number of carbonyl (C=O) groups is 2. The average Bonchev–Trinajstić information content (AvgIpc) is 3.50. The van der Waals surface area contributed by atoms with E-state index in [-0.39, 0.29) is 38.8 Å². The maximum absolute atomic E-state index is 14.1. The van der Waals surface area contributed by atoms with Crippen LogP contribution in [0.2, 0.25) is 0 Å². The molecule has 0 bridgehead atoms. The molecule has 1 heterocycles. The molecule has 228 valence electrons. The summed E-state index contributed by atoms with van der Waals surface area (Å²) in [4.78, 5) is 29.6. The third kappa shape index (κ3) is 8.24. The number of ether oxygens (including phenoxy) is 2. The van der Waals surface area contributed by atoms with Gasteiger partial charge in [-0.05, 0) is 34.4 Å². The lowest BCUT2D eigenvalue weighted by atomic mass is 10.0. The molecule has 4 aromatic carbocycles. The maximum Gasteiger partial charge on any atom is 0.243 e. The first-order valence-corrected chi connectivity index (χ1v) is 16.1. The highest BCUT2D eigenvalue weighted by atomic mass is 32.2. The molecule has 0 aromatic heterocycles. The van der Waals surface area contributed by atoms with E-state index in [1.54, 1.807) is 6.07 Å². The van der Waals surface area contributed by atoms with Crippen molar-refractivity contribution < 1.29 is 27.5 Å². The number of carbonyl (C=O) groups excluding carboxylic acids is 2. The second-order valence-corrected chi connectivity index (χ2v) is 12.6. The standard InChI is InChI=1S/C34H35N3O6S/c1-44(40,41)36(22-27-13-7-3-8-14-27)24-33(38)37(23-28-15-9-4-10-16-28)30(19-26-11-5-2-6-12-26)34(39)35-21-29-17-18-31-32(20-29)43-25-42-31/h2-18,20,30H,19,21-25H2,1H3,(H,35,39). The largest absolute Gasteiger partial charge is 0.454 e. The molecule has 44 heavy (non-hydrogen) atoms. The van der Waals surface area contributed by atoms with Gasteiger partial charge in [-0.1, -0.05) is 97.1 Å². The summed E-state index contributed by atoms with van der Waals surface area (Å²) in [7, 11) is -3.76. The van der Waals surface area contributed by atoms with E-state index in [2.05, 4.69) is 5.32 Å². The summed E-state index contributed by atoms with van der Waals surface area (Å²) in [5.74, 6) is 0.421. The van der Waals surface area contributed by atoms with Gasteiger partial charge in [0.05, 0.1) is 12.8 Å². The van der Waals surface area contributed by atoms with Crippen molar-refractivity contribution >= 4 is 21.8 Å². The molecule has 0 saturated carbocycles. The lowest BCUT2D eigenvalue weighted by Gasteiger charge is -2.33. The highest BCUT2D eigenvalue weighted by molar-refractivity contribution is 7.88. The Morgan fingerprint density at radius 1 is 0.750 bits per heavy atom. The van der Waals surface area contributed by atoms with E-state index < -0.39 is 28.5 Å². The zero-order valence-electron chi connectivity index (χ0n) is 24.5. The number of nitrogens with one attached hydrogen (secondary N) is 1.